The first-order valence-electron chi connectivity index (χ1n) is 6.15. The fourth-order valence-electron chi connectivity index (χ4n) is 2.04. The minimum Gasteiger partial charge on any atom is -0.480 e. The first kappa shape index (κ1) is 13.4. The number of benzene rings is 1. The van der Waals surface area contributed by atoms with Gasteiger partial charge in [0.1, 0.15) is 17.6 Å². The summed E-state index contributed by atoms with van der Waals surface area (Å²) in [6.07, 6.45) is 1.91. The molecule has 0 bridgehead atoms. The van der Waals surface area contributed by atoms with Gasteiger partial charge in [0.25, 0.3) is 0 Å². The van der Waals surface area contributed by atoms with Crippen LogP contribution in [0.2, 0.25) is 0 Å². The highest BCUT2D eigenvalue weighted by atomic mass is 32.1. The Kier molecular flexibility index (Phi) is 3.46. The third-order valence-corrected chi connectivity index (χ3v) is 3.82. The van der Waals surface area contributed by atoms with Gasteiger partial charge in [-0.25, -0.2) is 4.39 Å². The molecular formula is C14H11FN4OS. The number of nitriles is 1. The number of nitrogens with zero attached hydrogens (tertiary/aromatic N) is 3. The Morgan fingerprint density at radius 1 is 1.52 bits per heavy atom. The van der Waals surface area contributed by atoms with Crippen molar-refractivity contribution in [3.8, 4) is 11.9 Å². The number of thiazole rings is 1. The van der Waals surface area contributed by atoms with E-state index >= 15 is 0 Å². The monoisotopic (exact) mass is 302 g/mol. The first-order chi connectivity index (χ1) is 10.2. The Hall–Kier alpha value is -2.59. The average molecular weight is 302 g/mol. The van der Waals surface area contributed by atoms with Gasteiger partial charge >= 0.3 is 0 Å². The molecule has 1 N–H and O–H groups in total. The fraction of sp³-hybridized carbons (Fsp3) is 0.143. The number of fused-ring (bicyclic) bond motifs is 1. The number of rotatable bonds is 4. The molecule has 3 aromatic rings. The normalized spacial score (nSPS) is 10.5. The number of hydrogen-bond acceptors (Lipinski definition) is 5. The van der Waals surface area contributed by atoms with Gasteiger partial charge in [-0.1, -0.05) is 0 Å². The van der Waals surface area contributed by atoms with Crippen LogP contribution in [-0.4, -0.2) is 16.5 Å². The molecule has 106 valence electrons. The summed E-state index contributed by atoms with van der Waals surface area (Å²) in [7, 11) is 1.57. The lowest BCUT2D eigenvalue weighted by Gasteiger charge is -2.07. The number of anilines is 1. The van der Waals surface area contributed by atoms with Crippen LogP contribution in [0, 0.1) is 17.1 Å². The highest BCUT2D eigenvalue weighted by Crippen LogP contribution is 2.24. The van der Waals surface area contributed by atoms with Gasteiger partial charge in [0, 0.05) is 17.3 Å². The number of hydrogen-bond donors (Lipinski definition) is 1. The van der Waals surface area contributed by atoms with Crippen molar-refractivity contribution in [1.29, 1.82) is 5.26 Å². The van der Waals surface area contributed by atoms with Crippen molar-refractivity contribution in [2.24, 2.45) is 0 Å². The third kappa shape index (κ3) is 2.41. The summed E-state index contributed by atoms with van der Waals surface area (Å²) in [5.41, 5.74) is 1.55. The van der Waals surface area contributed by atoms with E-state index in [9.17, 15) is 4.39 Å². The Morgan fingerprint density at radius 3 is 3.14 bits per heavy atom. The number of nitrogens with one attached hydrogen (secondary N) is 1. The summed E-state index contributed by atoms with van der Waals surface area (Å²) in [5, 5.41) is 13.9. The molecule has 0 radical (unpaired) electrons. The van der Waals surface area contributed by atoms with Crippen LogP contribution in [0.15, 0.2) is 29.8 Å². The molecule has 0 atom stereocenters. The van der Waals surface area contributed by atoms with E-state index in [0.717, 1.165) is 10.7 Å². The molecule has 1 aromatic carbocycles. The predicted molar refractivity (Wildman–Crippen MR) is 78.1 cm³/mol. The molecule has 0 saturated heterocycles. The Morgan fingerprint density at radius 2 is 2.38 bits per heavy atom. The Balaban J connectivity index is 1.86. The SMILES string of the molecule is COc1nc2sccn2c1CNc1ccc(F)c(C#N)c1. The van der Waals surface area contributed by atoms with E-state index in [2.05, 4.69) is 10.3 Å². The zero-order valence-electron chi connectivity index (χ0n) is 11.1. The summed E-state index contributed by atoms with van der Waals surface area (Å²) < 4.78 is 20.5. The summed E-state index contributed by atoms with van der Waals surface area (Å²) in [6, 6.07) is 6.17. The van der Waals surface area contributed by atoms with E-state index in [1.165, 1.54) is 23.5 Å². The minimum atomic E-state index is -0.523. The van der Waals surface area contributed by atoms with E-state index in [4.69, 9.17) is 10.00 Å². The second kappa shape index (κ2) is 5.42. The van der Waals surface area contributed by atoms with Gasteiger partial charge < -0.3 is 10.1 Å². The van der Waals surface area contributed by atoms with E-state index in [1.807, 2.05) is 22.0 Å². The van der Waals surface area contributed by atoms with Gasteiger partial charge in [0.05, 0.1) is 19.2 Å². The molecule has 7 heteroatoms. The number of aromatic nitrogens is 2. The molecular weight excluding hydrogens is 291 g/mol. The van der Waals surface area contributed by atoms with Gasteiger partial charge in [0.2, 0.25) is 5.88 Å². The molecule has 2 heterocycles. The lowest BCUT2D eigenvalue weighted by Crippen LogP contribution is -2.04. The van der Waals surface area contributed by atoms with Crippen LogP contribution in [0.5, 0.6) is 5.88 Å². The number of halogens is 1. The Bertz CT molecular complexity index is 833. The lowest BCUT2D eigenvalue weighted by molar-refractivity contribution is 0.395. The van der Waals surface area contributed by atoms with Gasteiger partial charge in [-0.2, -0.15) is 10.2 Å². The molecule has 21 heavy (non-hydrogen) atoms. The molecule has 0 aliphatic heterocycles. The molecule has 0 aliphatic rings. The zero-order chi connectivity index (χ0) is 14.8. The number of ether oxygens (including phenoxy) is 1. The molecule has 0 aliphatic carbocycles. The van der Waals surface area contributed by atoms with Crippen LogP contribution in [0.4, 0.5) is 10.1 Å². The highest BCUT2D eigenvalue weighted by molar-refractivity contribution is 7.15. The molecule has 0 unspecified atom stereocenters. The number of imidazole rings is 1. The topological polar surface area (TPSA) is 62.4 Å². The molecule has 3 rings (SSSR count). The molecule has 0 fully saturated rings. The van der Waals surface area contributed by atoms with Crippen LogP contribution in [-0.2, 0) is 6.54 Å². The van der Waals surface area contributed by atoms with Crippen LogP contribution in [0.1, 0.15) is 11.3 Å². The van der Waals surface area contributed by atoms with Crippen molar-refractivity contribution in [3.63, 3.8) is 0 Å². The average Bonchev–Trinajstić information content (AvgIpc) is 3.07. The van der Waals surface area contributed by atoms with Crippen LogP contribution < -0.4 is 10.1 Å². The highest BCUT2D eigenvalue weighted by Gasteiger charge is 2.13. The number of methoxy groups -OCH3 is 1. The minimum absolute atomic E-state index is 0.0147. The molecule has 0 saturated carbocycles. The summed E-state index contributed by atoms with van der Waals surface area (Å²) in [5.74, 6) is 0.0298. The second-order valence-corrected chi connectivity index (χ2v) is 5.16. The standard InChI is InChI=1S/C14H11FN4OS/c1-20-13-12(19-4-5-21-14(19)18-13)8-17-10-2-3-11(15)9(6-10)7-16/h2-6,17H,8H2,1H3. The lowest BCUT2D eigenvalue weighted by atomic mass is 10.2. The maximum absolute atomic E-state index is 13.3. The van der Waals surface area contributed by atoms with E-state index in [-0.39, 0.29) is 5.56 Å². The van der Waals surface area contributed by atoms with Gasteiger partial charge in [-0.15, -0.1) is 11.3 Å². The van der Waals surface area contributed by atoms with Gasteiger partial charge in [-0.05, 0) is 18.2 Å². The summed E-state index contributed by atoms with van der Waals surface area (Å²) >= 11 is 1.52. The van der Waals surface area contributed by atoms with Crippen molar-refractivity contribution in [2.45, 2.75) is 6.54 Å². The smallest absolute Gasteiger partial charge is 0.238 e. The maximum atomic E-state index is 13.3. The first-order valence-corrected chi connectivity index (χ1v) is 7.03. The molecule has 0 spiro atoms. The van der Waals surface area contributed by atoms with Crippen LogP contribution in [0.25, 0.3) is 4.96 Å². The van der Waals surface area contributed by atoms with Crippen molar-refractivity contribution in [2.75, 3.05) is 12.4 Å². The summed E-state index contributed by atoms with van der Waals surface area (Å²) in [6.45, 7) is 0.456. The van der Waals surface area contributed by atoms with E-state index in [0.29, 0.717) is 18.1 Å². The zero-order valence-corrected chi connectivity index (χ0v) is 11.9. The maximum Gasteiger partial charge on any atom is 0.238 e. The quantitative estimate of drug-likeness (QED) is 0.804. The van der Waals surface area contributed by atoms with Crippen molar-refractivity contribution < 1.29 is 9.13 Å². The predicted octanol–water partition coefficient (Wildman–Crippen LogP) is 3.03. The second-order valence-electron chi connectivity index (χ2n) is 4.28. The van der Waals surface area contributed by atoms with Gasteiger partial charge in [0.15, 0.2) is 4.96 Å². The largest absolute Gasteiger partial charge is 0.480 e. The summed E-state index contributed by atoms with van der Waals surface area (Å²) in [4.78, 5) is 5.21. The van der Waals surface area contributed by atoms with Gasteiger partial charge in [-0.3, -0.25) is 4.40 Å². The van der Waals surface area contributed by atoms with Crippen LogP contribution in [0.3, 0.4) is 0 Å². The van der Waals surface area contributed by atoms with Crippen molar-refractivity contribution in [3.05, 3.63) is 46.9 Å². The van der Waals surface area contributed by atoms with E-state index in [1.54, 1.807) is 13.2 Å². The Labute approximate surface area is 124 Å². The fourth-order valence-corrected chi connectivity index (χ4v) is 2.77. The van der Waals surface area contributed by atoms with E-state index < -0.39 is 5.82 Å². The van der Waals surface area contributed by atoms with Crippen LogP contribution >= 0.6 is 11.3 Å². The molecule has 5 nitrogen and oxygen atoms in total. The van der Waals surface area contributed by atoms with Crippen molar-refractivity contribution >= 4 is 22.0 Å². The molecule has 0 amide bonds. The van der Waals surface area contributed by atoms with Crippen molar-refractivity contribution in [1.82, 2.24) is 9.38 Å². The third-order valence-electron chi connectivity index (χ3n) is 3.06. The molecule has 2 aromatic heterocycles.